The molecule has 16 heavy (non-hydrogen) atoms. The smallest absolute Gasteiger partial charge is 0.176 e. The van der Waals surface area contributed by atoms with Crippen molar-refractivity contribution in [1.82, 2.24) is 5.01 Å². The van der Waals surface area contributed by atoms with Crippen LogP contribution in [0.2, 0.25) is 0 Å². The van der Waals surface area contributed by atoms with Crippen molar-refractivity contribution in [3.63, 3.8) is 0 Å². The summed E-state index contributed by atoms with van der Waals surface area (Å²) in [5.41, 5.74) is 0.715. The summed E-state index contributed by atoms with van der Waals surface area (Å²) in [5.74, 6) is 0.330. The second-order valence-electron chi connectivity index (χ2n) is 3.36. The number of amidine groups is 1. The van der Waals surface area contributed by atoms with Gasteiger partial charge in [-0.1, -0.05) is 35.5 Å². The molecule has 1 aliphatic heterocycles. The lowest BCUT2D eigenvalue weighted by atomic mass is 10.1. The second kappa shape index (κ2) is 4.61. The minimum atomic E-state index is -0.749. The quantitative estimate of drug-likeness (QED) is 0.724. The zero-order valence-electron chi connectivity index (χ0n) is 8.48. The highest BCUT2D eigenvalue weighted by Gasteiger charge is 2.28. The summed E-state index contributed by atoms with van der Waals surface area (Å²) in [6.07, 6.45) is 0. The Bertz CT molecular complexity index is 418. The Hall–Kier alpha value is -2.11. The van der Waals surface area contributed by atoms with E-state index in [-0.39, 0.29) is 0 Å². The van der Waals surface area contributed by atoms with E-state index in [0.717, 1.165) is 0 Å². The van der Waals surface area contributed by atoms with Crippen LogP contribution in [0.25, 0.3) is 0 Å². The number of benzene rings is 1. The van der Waals surface area contributed by atoms with E-state index in [0.29, 0.717) is 24.5 Å². The summed E-state index contributed by atoms with van der Waals surface area (Å²) in [6, 6.07) is 8.26. The second-order valence-corrected chi connectivity index (χ2v) is 3.36. The summed E-state index contributed by atoms with van der Waals surface area (Å²) in [7, 11) is 0. The number of aliphatic imine (C=N–C) groups is 1. The monoisotopic (exact) mass is 218 g/mol. The van der Waals surface area contributed by atoms with Crippen LogP contribution in [0, 0.1) is 9.81 Å². The Morgan fingerprint density at radius 2 is 2.00 bits per heavy atom. The van der Waals surface area contributed by atoms with E-state index in [1.165, 1.54) is 5.01 Å². The Kier molecular flexibility index (Phi) is 3.00. The lowest BCUT2D eigenvalue weighted by Crippen LogP contribution is -2.26. The van der Waals surface area contributed by atoms with Gasteiger partial charge in [0, 0.05) is 0 Å². The molecule has 1 heterocycles. The first-order valence-corrected chi connectivity index (χ1v) is 4.89. The van der Waals surface area contributed by atoms with E-state index in [2.05, 4.69) is 15.5 Å². The van der Waals surface area contributed by atoms with Crippen LogP contribution in [0.4, 0.5) is 0 Å². The van der Waals surface area contributed by atoms with Gasteiger partial charge < -0.3 is 0 Å². The van der Waals surface area contributed by atoms with Crippen LogP contribution in [0.15, 0.2) is 45.8 Å². The van der Waals surface area contributed by atoms with Gasteiger partial charge in [-0.3, -0.25) is 4.99 Å². The molecule has 1 aromatic carbocycles. The molecule has 82 valence electrons. The average molecular weight is 218 g/mol. The topological polar surface area (TPSA) is 74.5 Å². The van der Waals surface area contributed by atoms with Crippen LogP contribution in [-0.4, -0.2) is 23.9 Å². The largest absolute Gasteiger partial charge is 0.266 e. The van der Waals surface area contributed by atoms with Gasteiger partial charge in [0.05, 0.1) is 18.4 Å². The number of hydrogen-bond acceptors (Lipinski definition) is 5. The number of nitroso groups, excluding NO2 is 2. The van der Waals surface area contributed by atoms with E-state index in [1.807, 2.05) is 18.2 Å². The highest BCUT2D eigenvalue weighted by Crippen LogP contribution is 2.23. The zero-order chi connectivity index (χ0) is 11.4. The summed E-state index contributed by atoms with van der Waals surface area (Å²) >= 11 is 0. The molecule has 6 nitrogen and oxygen atoms in total. The maximum Gasteiger partial charge on any atom is 0.176 e. The third-order valence-electron chi connectivity index (χ3n) is 2.41. The lowest BCUT2D eigenvalue weighted by Gasteiger charge is -2.14. The fraction of sp³-hybridized carbons (Fsp3) is 0.300. The van der Waals surface area contributed by atoms with Gasteiger partial charge in [0.1, 0.15) is 0 Å². The van der Waals surface area contributed by atoms with E-state index in [1.54, 1.807) is 12.1 Å². The van der Waals surface area contributed by atoms with Crippen molar-refractivity contribution in [2.24, 2.45) is 15.5 Å². The van der Waals surface area contributed by atoms with Crippen LogP contribution in [-0.2, 0) is 0 Å². The molecule has 0 amide bonds. The normalized spacial score (nSPS) is 16.8. The number of hydrogen-bond donors (Lipinski definition) is 0. The van der Waals surface area contributed by atoms with Gasteiger partial charge in [0.15, 0.2) is 11.9 Å². The van der Waals surface area contributed by atoms with Crippen molar-refractivity contribution in [3.8, 4) is 0 Å². The molecule has 0 spiro atoms. The van der Waals surface area contributed by atoms with Crippen molar-refractivity contribution in [1.29, 1.82) is 0 Å². The van der Waals surface area contributed by atoms with E-state index in [9.17, 15) is 9.81 Å². The fourth-order valence-electron chi connectivity index (χ4n) is 1.66. The summed E-state index contributed by atoms with van der Waals surface area (Å²) in [5, 5.41) is 7.01. The Morgan fingerprint density at radius 3 is 2.62 bits per heavy atom. The van der Waals surface area contributed by atoms with Gasteiger partial charge in [-0.25, -0.2) is 5.01 Å². The molecule has 0 fully saturated rings. The molecule has 1 atom stereocenters. The first-order chi connectivity index (χ1) is 7.86. The van der Waals surface area contributed by atoms with E-state index >= 15 is 0 Å². The fourth-order valence-corrected chi connectivity index (χ4v) is 1.66. The summed E-state index contributed by atoms with van der Waals surface area (Å²) in [6.45, 7) is 0.887. The van der Waals surface area contributed by atoms with Crippen molar-refractivity contribution in [2.75, 3.05) is 13.1 Å². The van der Waals surface area contributed by atoms with Crippen molar-refractivity contribution in [3.05, 3.63) is 45.7 Å². The molecule has 2 rings (SSSR count). The molecule has 0 radical (unpaired) electrons. The Morgan fingerprint density at radius 1 is 1.25 bits per heavy atom. The van der Waals surface area contributed by atoms with E-state index in [4.69, 9.17) is 0 Å². The lowest BCUT2D eigenvalue weighted by molar-refractivity contribution is 0.467. The van der Waals surface area contributed by atoms with Gasteiger partial charge in [0.25, 0.3) is 0 Å². The van der Waals surface area contributed by atoms with Gasteiger partial charge in [0.2, 0.25) is 0 Å². The van der Waals surface area contributed by atoms with Crippen LogP contribution < -0.4 is 0 Å². The predicted octanol–water partition coefficient (Wildman–Crippen LogP) is 1.89. The van der Waals surface area contributed by atoms with Crippen molar-refractivity contribution >= 4 is 5.84 Å². The third-order valence-corrected chi connectivity index (χ3v) is 2.41. The molecule has 0 aromatic heterocycles. The van der Waals surface area contributed by atoms with E-state index < -0.39 is 6.04 Å². The molecule has 0 saturated carbocycles. The number of nitrogens with zero attached hydrogens (tertiary/aromatic N) is 4. The first-order valence-electron chi connectivity index (χ1n) is 4.89. The van der Waals surface area contributed by atoms with Crippen LogP contribution >= 0.6 is 0 Å². The molecule has 0 aliphatic carbocycles. The molecule has 0 saturated heterocycles. The molecule has 0 bridgehead atoms. The molecule has 0 N–H and O–H groups in total. The molecule has 6 heteroatoms. The minimum Gasteiger partial charge on any atom is -0.266 e. The average Bonchev–Trinajstić information content (AvgIpc) is 2.80. The first kappa shape index (κ1) is 10.4. The highest BCUT2D eigenvalue weighted by molar-refractivity contribution is 5.89. The van der Waals surface area contributed by atoms with Gasteiger partial charge in [-0.2, -0.15) is 0 Å². The predicted molar refractivity (Wildman–Crippen MR) is 59.8 cm³/mol. The zero-order valence-corrected chi connectivity index (χ0v) is 8.48. The minimum absolute atomic E-state index is 0.330. The van der Waals surface area contributed by atoms with Crippen LogP contribution in [0.1, 0.15) is 11.6 Å². The Balaban J connectivity index is 2.30. The standard InChI is InChI=1S/C10H10N4O2/c15-12-9(8-4-2-1-3-5-8)10-11-6-7-14(10)13-16/h1-5,9H,6-7H2. The van der Waals surface area contributed by atoms with Gasteiger partial charge >= 0.3 is 0 Å². The highest BCUT2D eigenvalue weighted by atomic mass is 16.3. The van der Waals surface area contributed by atoms with Crippen LogP contribution in [0.5, 0.6) is 0 Å². The molecular weight excluding hydrogens is 208 g/mol. The maximum atomic E-state index is 10.9. The Labute approximate surface area is 91.9 Å². The van der Waals surface area contributed by atoms with Crippen molar-refractivity contribution in [2.45, 2.75) is 6.04 Å². The molecule has 1 aliphatic rings. The molecule has 1 aromatic rings. The van der Waals surface area contributed by atoms with Crippen LogP contribution in [0.3, 0.4) is 0 Å². The summed E-state index contributed by atoms with van der Waals surface area (Å²) < 4.78 is 0. The molecular formula is C10H10N4O2. The van der Waals surface area contributed by atoms with Gasteiger partial charge in [-0.15, -0.1) is 9.81 Å². The molecule has 1 unspecified atom stereocenters. The SMILES string of the molecule is O=NC(C1=NCCN1N=O)c1ccccc1. The third kappa shape index (κ3) is 1.81. The van der Waals surface area contributed by atoms with Crippen molar-refractivity contribution < 1.29 is 0 Å². The number of rotatable bonds is 4. The summed E-state index contributed by atoms with van der Waals surface area (Å²) in [4.78, 5) is 25.5. The van der Waals surface area contributed by atoms with Gasteiger partial charge in [-0.05, 0) is 5.56 Å². The maximum absolute atomic E-state index is 10.9.